The molecule has 0 fully saturated rings. The quantitative estimate of drug-likeness (QED) is 0.451. The molecular weight excluding hydrogens is 104 g/mol. The molecule has 0 spiro atoms. The Hall–Kier alpha value is -1.19. The summed E-state index contributed by atoms with van der Waals surface area (Å²) in [5.74, 6) is 0.431. The molecule has 46 valence electrons. The van der Waals surface area contributed by atoms with E-state index in [9.17, 15) is 0 Å². The van der Waals surface area contributed by atoms with Crippen LogP contribution in [0.2, 0.25) is 0 Å². The van der Waals surface area contributed by atoms with Gasteiger partial charge in [0.05, 0.1) is 11.9 Å². The lowest BCUT2D eigenvalue weighted by Crippen LogP contribution is -1.89. The molecule has 0 unspecified atom stereocenters. The van der Waals surface area contributed by atoms with Crippen LogP contribution in [0.3, 0.4) is 0 Å². The third kappa shape index (κ3) is 0.900. The molecule has 0 aliphatic rings. The van der Waals surface area contributed by atoms with Crippen LogP contribution in [-0.4, -0.2) is 10.2 Å². The first-order valence-corrected chi connectivity index (χ1v) is 1.85. The second-order valence-electron chi connectivity index (χ2n) is 1.24. The Morgan fingerprint density at radius 3 is 2.25 bits per heavy atom. The smallest absolute Gasteiger partial charge is 0.142 e. The second-order valence-corrected chi connectivity index (χ2v) is 1.24. The minimum absolute atomic E-state index is 0. The van der Waals surface area contributed by atoms with Crippen LogP contribution in [0.4, 0.5) is 11.5 Å². The summed E-state index contributed by atoms with van der Waals surface area (Å²) in [7, 11) is 0. The normalized spacial score (nSPS) is 8.00. The van der Waals surface area contributed by atoms with Crippen LogP contribution in [0, 0.1) is 0 Å². The summed E-state index contributed by atoms with van der Waals surface area (Å²) in [6.45, 7) is 0. The van der Waals surface area contributed by atoms with Crippen LogP contribution in [0.1, 0.15) is 7.43 Å². The van der Waals surface area contributed by atoms with Gasteiger partial charge >= 0.3 is 0 Å². The van der Waals surface area contributed by atoms with Crippen molar-refractivity contribution in [3.63, 3.8) is 0 Å². The van der Waals surface area contributed by atoms with Crippen LogP contribution in [0.5, 0.6) is 0 Å². The van der Waals surface area contributed by atoms with E-state index in [1.807, 2.05) is 0 Å². The highest BCUT2D eigenvalue weighted by atomic mass is 15.2. The highest BCUT2D eigenvalue weighted by molar-refractivity contribution is 5.55. The van der Waals surface area contributed by atoms with Crippen molar-refractivity contribution >= 4 is 11.5 Å². The molecule has 1 aromatic heterocycles. The molecule has 0 amide bonds. The summed E-state index contributed by atoms with van der Waals surface area (Å²) >= 11 is 0. The van der Waals surface area contributed by atoms with Gasteiger partial charge in [0.25, 0.3) is 0 Å². The van der Waals surface area contributed by atoms with Crippen molar-refractivity contribution in [1.82, 2.24) is 10.2 Å². The zero-order chi connectivity index (χ0) is 5.28. The molecule has 0 saturated carbocycles. The van der Waals surface area contributed by atoms with Crippen molar-refractivity contribution in [3.05, 3.63) is 6.20 Å². The van der Waals surface area contributed by atoms with Crippen LogP contribution < -0.4 is 11.5 Å². The Balaban J connectivity index is 0.000000490. The average molecular weight is 114 g/mol. The van der Waals surface area contributed by atoms with Gasteiger partial charge in [0, 0.05) is 0 Å². The summed E-state index contributed by atoms with van der Waals surface area (Å²) < 4.78 is 0. The Morgan fingerprint density at radius 1 is 1.50 bits per heavy atom. The van der Waals surface area contributed by atoms with Crippen LogP contribution in [-0.2, 0) is 0 Å². The van der Waals surface area contributed by atoms with Gasteiger partial charge in [-0.1, -0.05) is 7.43 Å². The fraction of sp³-hybridized carbons (Fsp3) is 0.250. The van der Waals surface area contributed by atoms with Crippen molar-refractivity contribution in [2.45, 2.75) is 7.43 Å². The van der Waals surface area contributed by atoms with Crippen molar-refractivity contribution in [3.8, 4) is 0 Å². The summed E-state index contributed by atoms with van der Waals surface area (Å²) in [4.78, 5) is 0. The zero-order valence-electron chi connectivity index (χ0n) is 3.68. The highest BCUT2D eigenvalue weighted by Gasteiger charge is 1.89. The maximum atomic E-state index is 5.22. The number of anilines is 2. The number of nitrogens with one attached hydrogen (secondary N) is 1. The first-order chi connectivity index (χ1) is 3.30. The Labute approximate surface area is 47.9 Å². The van der Waals surface area contributed by atoms with Gasteiger partial charge in [-0.15, -0.1) is 0 Å². The van der Waals surface area contributed by atoms with Crippen molar-refractivity contribution < 1.29 is 0 Å². The SMILES string of the molecule is C.Nc1cn[nH]c1N. The molecular formula is C4H10N4. The molecule has 0 atom stereocenters. The van der Waals surface area contributed by atoms with Crippen molar-refractivity contribution in [2.75, 3.05) is 11.5 Å². The van der Waals surface area contributed by atoms with Gasteiger partial charge in [-0.25, -0.2) is 0 Å². The fourth-order valence-corrected chi connectivity index (χ4v) is 0.305. The largest absolute Gasteiger partial charge is 0.394 e. The van der Waals surface area contributed by atoms with Gasteiger partial charge < -0.3 is 11.5 Å². The first-order valence-electron chi connectivity index (χ1n) is 1.85. The number of nitrogen functional groups attached to an aromatic ring is 2. The van der Waals surface area contributed by atoms with Crippen molar-refractivity contribution in [1.29, 1.82) is 0 Å². The maximum absolute atomic E-state index is 5.22. The zero-order valence-corrected chi connectivity index (χ0v) is 3.68. The van der Waals surface area contributed by atoms with E-state index in [-0.39, 0.29) is 7.43 Å². The number of aromatic nitrogens is 2. The maximum Gasteiger partial charge on any atom is 0.142 e. The number of nitrogens with two attached hydrogens (primary N) is 2. The topological polar surface area (TPSA) is 80.7 Å². The van der Waals surface area contributed by atoms with Gasteiger partial charge in [0.2, 0.25) is 0 Å². The second kappa shape index (κ2) is 2.20. The van der Waals surface area contributed by atoms with Gasteiger partial charge in [-0.05, 0) is 0 Å². The van der Waals surface area contributed by atoms with E-state index in [0.29, 0.717) is 11.5 Å². The van der Waals surface area contributed by atoms with E-state index < -0.39 is 0 Å². The molecule has 1 rings (SSSR count). The molecule has 0 aliphatic heterocycles. The van der Waals surface area contributed by atoms with E-state index in [4.69, 9.17) is 11.5 Å². The number of hydrogen-bond donors (Lipinski definition) is 3. The van der Waals surface area contributed by atoms with E-state index in [0.717, 1.165) is 0 Å². The fourth-order valence-electron chi connectivity index (χ4n) is 0.305. The number of rotatable bonds is 0. The predicted molar refractivity (Wildman–Crippen MR) is 34.1 cm³/mol. The lowest BCUT2D eigenvalue weighted by atomic mass is 10.6. The molecule has 0 aromatic carbocycles. The predicted octanol–water partition coefficient (Wildman–Crippen LogP) is 0.210. The Morgan fingerprint density at radius 2 is 2.12 bits per heavy atom. The van der Waals surface area contributed by atoms with Gasteiger partial charge in [-0.3, -0.25) is 5.10 Å². The summed E-state index contributed by atoms with van der Waals surface area (Å²) in [6.07, 6.45) is 1.47. The van der Waals surface area contributed by atoms with E-state index in [1.165, 1.54) is 6.20 Å². The Bertz CT molecular complexity index is 140. The number of nitrogens with zero attached hydrogens (tertiary/aromatic N) is 1. The molecule has 1 heterocycles. The van der Waals surface area contributed by atoms with Crippen LogP contribution in [0.15, 0.2) is 6.20 Å². The summed E-state index contributed by atoms with van der Waals surface area (Å²) in [6, 6.07) is 0. The van der Waals surface area contributed by atoms with E-state index in [1.54, 1.807) is 0 Å². The number of aromatic amines is 1. The summed E-state index contributed by atoms with van der Waals surface area (Å²) in [5, 5.41) is 6.02. The monoisotopic (exact) mass is 114 g/mol. The molecule has 0 bridgehead atoms. The molecule has 0 saturated heterocycles. The minimum atomic E-state index is 0. The molecule has 0 aliphatic carbocycles. The van der Waals surface area contributed by atoms with Crippen molar-refractivity contribution in [2.24, 2.45) is 0 Å². The van der Waals surface area contributed by atoms with E-state index >= 15 is 0 Å². The number of H-pyrrole nitrogens is 1. The first kappa shape index (κ1) is 6.81. The lowest BCUT2D eigenvalue weighted by molar-refractivity contribution is 1.10. The molecule has 1 aromatic rings. The van der Waals surface area contributed by atoms with Gasteiger partial charge in [0.1, 0.15) is 5.82 Å². The standard InChI is InChI=1S/C3H6N4.CH4/c4-2-1-6-7-3(2)5;/h1H,4H2,(H3,5,6,7);1H4. The summed E-state index contributed by atoms with van der Waals surface area (Å²) in [5.41, 5.74) is 10.9. The lowest BCUT2D eigenvalue weighted by Gasteiger charge is -1.80. The van der Waals surface area contributed by atoms with E-state index in [2.05, 4.69) is 10.2 Å². The third-order valence-electron chi connectivity index (χ3n) is 0.700. The molecule has 5 N–H and O–H groups in total. The molecule has 0 radical (unpaired) electrons. The van der Waals surface area contributed by atoms with Crippen LogP contribution >= 0.6 is 0 Å². The number of hydrogen-bond acceptors (Lipinski definition) is 3. The highest BCUT2D eigenvalue weighted by Crippen LogP contribution is 2.04. The molecule has 4 nitrogen and oxygen atoms in total. The molecule has 8 heavy (non-hydrogen) atoms. The average Bonchev–Trinajstić information content (AvgIpc) is 1.91. The van der Waals surface area contributed by atoms with Gasteiger partial charge in [-0.2, -0.15) is 5.10 Å². The van der Waals surface area contributed by atoms with Crippen LogP contribution in [0.25, 0.3) is 0 Å². The minimum Gasteiger partial charge on any atom is -0.394 e. The van der Waals surface area contributed by atoms with Gasteiger partial charge in [0.15, 0.2) is 0 Å². The Kier molecular flexibility index (Phi) is 1.88. The third-order valence-corrected chi connectivity index (χ3v) is 0.700. The molecule has 4 heteroatoms.